The summed E-state index contributed by atoms with van der Waals surface area (Å²) in [6, 6.07) is 0. The first kappa shape index (κ1) is 20.3. The molecule has 0 amide bonds. The lowest BCUT2D eigenvalue weighted by Gasteiger charge is -2.18. The Hall–Kier alpha value is -1.59. The third-order valence-corrected chi connectivity index (χ3v) is 4.43. The van der Waals surface area contributed by atoms with Crippen LogP contribution in [0.1, 0.15) is 124 Å². The van der Waals surface area contributed by atoms with Gasteiger partial charge < -0.3 is 14.2 Å². The second-order valence-electron chi connectivity index (χ2n) is 7.39. The number of ether oxygens (including phenoxy) is 3. The highest BCUT2D eigenvalue weighted by atomic mass is 16.6. The van der Waals surface area contributed by atoms with Crippen molar-refractivity contribution >= 4 is 17.9 Å². The van der Waals surface area contributed by atoms with Crippen molar-refractivity contribution in [2.75, 3.05) is 13.1 Å². The molecule has 0 heterocycles. The summed E-state index contributed by atoms with van der Waals surface area (Å²) >= 11 is 0. The van der Waals surface area contributed by atoms with Crippen molar-refractivity contribution in [1.82, 2.24) is 0 Å². The number of rotatable bonds is 20. The molecular formula is C24H44O6. The summed E-state index contributed by atoms with van der Waals surface area (Å²) in [5.41, 5.74) is 0. The van der Waals surface area contributed by atoms with Crippen molar-refractivity contribution in [2.24, 2.45) is 0 Å². The molecule has 6 heteroatoms. The van der Waals surface area contributed by atoms with Gasteiger partial charge in [-0.05, 0) is 19.3 Å². The highest BCUT2D eigenvalue weighted by Gasteiger charge is 2.19. The molecular weight excluding hydrogens is 384 g/mol. The average Bonchev–Trinajstić information content (AvgIpc) is 2.76. The zero-order valence-electron chi connectivity index (χ0n) is 24.1. The zero-order valence-corrected chi connectivity index (χ0v) is 19.1. The molecule has 0 aliphatic rings. The minimum absolute atomic E-state index is 0.138. The summed E-state index contributed by atoms with van der Waals surface area (Å²) < 4.78 is 55.8. The summed E-state index contributed by atoms with van der Waals surface area (Å²) in [5, 5.41) is 0. The number of hydrogen-bond acceptors (Lipinski definition) is 6. The summed E-state index contributed by atoms with van der Waals surface area (Å²) in [7, 11) is 0. The smallest absolute Gasteiger partial charge is 0.306 e. The van der Waals surface area contributed by atoms with Gasteiger partial charge in [-0.2, -0.15) is 0 Å². The minimum atomic E-state index is -3.46. The molecule has 0 aromatic carbocycles. The van der Waals surface area contributed by atoms with Crippen LogP contribution in [-0.2, 0) is 28.6 Å². The quantitative estimate of drug-likeness (QED) is 0.135. The Bertz CT molecular complexity index is 604. The Kier molecular flexibility index (Phi) is 14.0. The third-order valence-electron chi connectivity index (χ3n) is 4.43. The van der Waals surface area contributed by atoms with Crippen LogP contribution in [-0.4, -0.2) is 37.1 Å². The largest absolute Gasteiger partial charge is 0.462 e. The molecule has 0 aliphatic heterocycles. The molecule has 0 bridgehead atoms. The van der Waals surface area contributed by atoms with Gasteiger partial charge in [0.05, 0.1) is 6.85 Å². The normalized spacial score (nSPS) is 14.6. The van der Waals surface area contributed by atoms with Crippen molar-refractivity contribution in [3.05, 3.63) is 0 Å². The molecule has 0 fully saturated rings. The predicted molar refractivity (Wildman–Crippen MR) is 118 cm³/mol. The van der Waals surface area contributed by atoms with E-state index in [0.29, 0.717) is 25.7 Å². The minimum Gasteiger partial charge on any atom is -0.462 e. The maximum Gasteiger partial charge on any atom is 0.306 e. The van der Waals surface area contributed by atoms with Gasteiger partial charge >= 0.3 is 17.9 Å². The van der Waals surface area contributed by atoms with Gasteiger partial charge in [-0.3, -0.25) is 14.4 Å². The molecule has 30 heavy (non-hydrogen) atoms. The number of hydrogen-bond donors (Lipinski definition) is 0. The van der Waals surface area contributed by atoms with Crippen molar-refractivity contribution < 1.29 is 35.4 Å². The SMILES string of the molecule is [2H]C([2H])(OC(=O)CCCCCC)C([2H])(OC(=O)CCCCCC)C([2H])([2H])OC(=O)CCCCCC. The van der Waals surface area contributed by atoms with Crippen LogP contribution in [0.25, 0.3) is 0 Å². The molecule has 0 atom stereocenters. The van der Waals surface area contributed by atoms with Gasteiger partial charge in [-0.25, -0.2) is 0 Å². The first-order valence-corrected chi connectivity index (χ1v) is 11.5. The molecule has 0 rings (SSSR count). The Morgan fingerprint density at radius 3 is 1.37 bits per heavy atom. The lowest BCUT2D eigenvalue weighted by molar-refractivity contribution is -0.167. The fraction of sp³-hybridized carbons (Fsp3) is 0.875. The topological polar surface area (TPSA) is 78.9 Å². The maximum absolute atomic E-state index is 12.4. The molecule has 0 spiro atoms. The van der Waals surface area contributed by atoms with E-state index in [1.165, 1.54) is 0 Å². The van der Waals surface area contributed by atoms with Gasteiger partial charge in [0.2, 0.25) is 0 Å². The average molecular weight is 434 g/mol. The van der Waals surface area contributed by atoms with Gasteiger partial charge in [0, 0.05) is 19.3 Å². The highest BCUT2D eigenvalue weighted by molar-refractivity contribution is 5.71. The first-order valence-electron chi connectivity index (χ1n) is 14.0. The molecule has 0 N–H and O–H groups in total. The monoisotopic (exact) mass is 433 g/mol. The molecule has 0 saturated carbocycles. The molecule has 0 radical (unpaired) electrons. The van der Waals surface area contributed by atoms with Crippen LogP contribution in [0.2, 0.25) is 0 Å². The van der Waals surface area contributed by atoms with Gasteiger partial charge in [-0.15, -0.1) is 0 Å². The summed E-state index contributed by atoms with van der Waals surface area (Å²) in [5.74, 6) is -3.03. The van der Waals surface area contributed by atoms with Crippen molar-refractivity contribution in [1.29, 1.82) is 0 Å². The van der Waals surface area contributed by atoms with Crippen LogP contribution in [0.15, 0.2) is 0 Å². The summed E-state index contributed by atoms with van der Waals surface area (Å²) in [4.78, 5) is 36.9. The number of carbonyl (C=O) groups excluding carboxylic acids is 3. The van der Waals surface area contributed by atoms with E-state index in [1.807, 2.05) is 20.8 Å². The van der Waals surface area contributed by atoms with Gasteiger partial charge in [0.25, 0.3) is 0 Å². The first-order chi connectivity index (χ1) is 16.4. The third kappa shape index (κ3) is 18.4. The number of unbranched alkanes of at least 4 members (excludes halogenated alkanes) is 9. The van der Waals surface area contributed by atoms with Crippen LogP contribution in [0.5, 0.6) is 0 Å². The van der Waals surface area contributed by atoms with E-state index < -0.39 is 37.1 Å². The van der Waals surface area contributed by atoms with Crippen LogP contribution in [0, 0.1) is 0 Å². The fourth-order valence-corrected chi connectivity index (χ4v) is 2.62. The van der Waals surface area contributed by atoms with E-state index in [2.05, 4.69) is 0 Å². The van der Waals surface area contributed by atoms with E-state index >= 15 is 0 Å². The predicted octanol–water partition coefficient (Wildman–Crippen LogP) is 5.90. The molecule has 0 aromatic rings. The fourth-order valence-electron chi connectivity index (χ4n) is 2.62. The van der Waals surface area contributed by atoms with Crippen LogP contribution >= 0.6 is 0 Å². The van der Waals surface area contributed by atoms with E-state index in [1.54, 1.807) is 0 Å². The van der Waals surface area contributed by atoms with E-state index in [4.69, 9.17) is 21.1 Å². The summed E-state index contributed by atoms with van der Waals surface area (Å²) in [6.07, 6.45) is 4.95. The number of esters is 3. The Morgan fingerprint density at radius 1 is 0.633 bits per heavy atom. The van der Waals surface area contributed by atoms with Gasteiger partial charge in [0.1, 0.15) is 13.1 Å². The van der Waals surface area contributed by atoms with E-state index in [0.717, 1.165) is 51.4 Å². The van der Waals surface area contributed by atoms with Gasteiger partial charge in [-0.1, -0.05) is 78.6 Å². The summed E-state index contributed by atoms with van der Waals surface area (Å²) in [6.45, 7) is -0.854. The number of carbonyl (C=O) groups is 3. The molecule has 176 valence electrons. The Balaban J connectivity index is 5.57. The molecule has 0 unspecified atom stereocenters. The molecule has 6 nitrogen and oxygen atoms in total. The lowest BCUT2D eigenvalue weighted by atomic mass is 10.1. The van der Waals surface area contributed by atoms with E-state index in [-0.39, 0.29) is 19.3 Å². The molecule has 0 saturated heterocycles. The highest BCUT2D eigenvalue weighted by Crippen LogP contribution is 2.09. The van der Waals surface area contributed by atoms with Crippen molar-refractivity contribution in [3.63, 3.8) is 0 Å². The Labute approximate surface area is 190 Å². The zero-order chi connectivity index (χ0) is 27.0. The van der Waals surface area contributed by atoms with E-state index in [9.17, 15) is 14.4 Å². The standard InChI is InChI=1S/C24H44O6/c1-4-7-10-13-16-22(25)28-19-21(30-24(27)18-15-12-9-6-3)20-29-23(26)17-14-11-8-5-2/h21H,4-20H2,1-3H3/i19D2,20D2,21D. The second kappa shape index (κ2) is 20.7. The lowest BCUT2D eigenvalue weighted by Crippen LogP contribution is -2.30. The maximum atomic E-state index is 12.4. The van der Waals surface area contributed by atoms with Crippen LogP contribution in [0.3, 0.4) is 0 Å². The molecule has 0 aromatic heterocycles. The van der Waals surface area contributed by atoms with Crippen molar-refractivity contribution in [3.8, 4) is 0 Å². The van der Waals surface area contributed by atoms with Crippen molar-refractivity contribution in [2.45, 2.75) is 123 Å². The molecule has 0 aliphatic carbocycles. The Morgan fingerprint density at radius 2 is 1.00 bits per heavy atom. The van der Waals surface area contributed by atoms with Crippen LogP contribution in [0.4, 0.5) is 0 Å². The van der Waals surface area contributed by atoms with Gasteiger partial charge in [0.15, 0.2) is 6.08 Å². The van der Waals surface area contributed by atoms with Crippen LogP contribution < -0.4 is 0 Å². The second-order valence-corrected chi connectivity index (χ2v) is 7.39.